The lowest BCUT2D eigenvalue weighted by molar-refractivity contribution is -0.154. The second-order valence-electron chi connectivity index (χ2n) is 10.0. The van der Waals surface area contributed by atoms with Gasteiger partial charge in [0.15, 0.2) is 0 Å². The molecule has 7 nitrogen and oxygen atoms in total. The maximum Gasteiger partial charge on any atom is 0.310 e. The predicted molar refractivity (Wildman–Crippen MR) is 150 cm³/mol. The predicted octanol–water partition coefficient (Wildman–Crippen LogP) is 3.79. The van der Waals surface area contributed by atoms with Crippen molar-refractivity contribution >= 4 is 51.2 Å². The van der Waals surface area contributed by atoms with Gasteiger partial charge in [-0.25, -0.2) is 0 Å². The zero-order valence-electron chi connectivity index (χ0n) is 21.4. The number of carbonyl (C=O) groups is 3. The Hall–Kier alpha value is -2.10. The molecular formula is C28H35BrN2O5S. The molecule has 0 aliphatic carbocycles. The quantitative estimate of drug-likeness (QED) is 0.183. The molecule has 0 saturated carbocycles. The molecule has 3 saturated heterocycles. The summed E-state index contributed by atoms with van der Waals surface area (Å²) in [6, 6.07) is 5.20. The van der Waals surface area contributed by atoms with E-state index in [2.05, 4.69) is 29.1 Å². The topological polar surface area (TPSA) is 87.2 Å². The van der Waals surface area contributed by atoms with Crippen LogP contribution in [0.3, 0.4) is 0 Å². The molecule has 3 aliphatic rings. The summed E-state index contributed by atoms with van der Waals surface area (Å²) in [6.45, 7) is 12.1. The Morgan fingerprint density at radius 1 is 1.32 bits per heavy atom. The first kappa shape index (κ1) is 27.9. The molecule has 2 bridgehead atoms. The van der Waals surface area contributed by atoms with Crippen LogP contribution in [-0.4, -0.2) is 75.0 Å². The largest absolute Gasteiger partial charge is 0.465 e. The van der Waals surface area contributed by atoms with E-state index in [1.807, 2.05) is 32.0 Å². The van der Waals surface area contributed by atoms with E-state index >= 15 is 0 Å². The second kappa shape index (κ2) is 11.3. The smallest absolute Gasteiger partial charge is 0.310 e. The summed E-state index contributed by atoms with van der Waals surface area (Å²) in [5.74, 6) is -2.06. The molecule has 9 heteroatoms. The van der Waals surface area contributed by atoms with Crippen LogP contribution in [0.1, 0.15) is 30.4 Å². The molecule has 3 fully saturated rings. The molecule has 1 N–H and O–H groups in total. The first-order valence-corrected chi connectivity index (χ1v) is 14.5. The number of amides is 2. The third-order valence-corrected chi connectivity index (χ3v) is 10.9. The highest BCUT2D eigenvalue weighted by atomic mass is 79.9. The normalized spacial score (nSPS) is 29.8. The number of ether oxygens (including phenoxy) is 1. The van der Waals surface area contributed by atoms with Crippen molar-refractivity contribution in [2.45, 2.75) is 54.0 Å². The van der Waals surface area contributed by atoms with E-state index in [-0.39, 0.29) is 41.6 Å². The van der Waals surface area contributed by atoms with Crippen LogP contribution < -0.4 is 4.90 Å². The average Bonchev–Trinajstić information content (AvgIpc) is 3.46. The number of hydrogen-bond donors (Lipinski definition) is 1. The number of fused-ring (bicyclic) bond motifs is 1. The van der Waals surface area contributed by atoms with Gasteiger partial charge in [-0.2, -0.15) is 0 Å². The van der Waals surface area contributed by atoms with E-state index in [0.29, 0.717) is 25.8 Å². The Morgan fingerprint density at radius 2 is 2.08 bits per heavy atom. The summed E-state index contributed by atoms with van der Waals surface area (Å²) in [4.78, 5) is 45.1. The minimum atomic E-state index is -0.766. The molecule has 2 amide bonds. The highest BCUT2D eigenvalue weighted by Gasteiger charge is 2.76. The maximum absolute atomic E-state index is 14.5. The Bertz CT molecular complexity index is 1100. The van der Waals surface area contributed by atoms with Crippen LogP contribution in [0.4, 0.5) is 5.69 Å². The average molecular weight is 592 g/mol. The molecule has 6 atom stereocenters. The van der Waals surface area contributed by atoms with E-state index in [9.17, 15) is 19.5 Å². The number of aryl methyl sites for hydroxylation is 2. The van der Waals surface area contributed by atoms with Crippen molar-refractivity contribution < 1.29 is 24.2 Å². The van der Waals surface area contributed by atoms with E-state index in [1.165, 1.54) is 0 Å². The fourth-order valence-electron chi connectivity index (χ4n) is 6.09. The number of rotatable bonds is 11. The Balaban J connectivity index is 1.77. The molecule has 3 heterocycles. The van der Waals surface area contributed by atoms with Gasteiger partial charge < -0.3 is 19.6 Å². The highest BCUT2D eigenvalue weighted by Crippen LogP contribution is 2.68. The van der Waals surface area contributed by atoms with Gasteiger partial charge in [0.25, 0.3) is 5.91 Å². The monoisotopic (exact) mass is 590 g/mol. The molecule has 3 aliphatic heterocycles. The molecule has 0 aromatic heterocycles. The second-order valence-corrected chi connectivity index (χ2v) is 12.8. The van der Waals surface area contributed by atoms with Crippen molar-refractivity contribution in [1.29, 1.82) is 0 Å². The number of anilines is 1. The third kappa shape index (κ3) is 4.79. The molecule has 200 valence electrons. The van der Waals surface area contributed by atoms with Crippen LogP contribution in [0.5, 0.6) is 0 Å². The van der Waals surface area contributed by atoms with E-state index in [1.54, 1.807) is 33.7 Å². The molecule has 0 radical (unpaired) electrons. The molecule has 1 aromatic carbocycles. The lowest BCUT2D eigenvalue weighted by Gasteiger charge is -2.38. The van der Waals surface area contributed by atoms with Gasteiger partial charge in [0.1, 0.15) is 6.04 Å². The molecule has 1 aromatic rings. The number of aliphatic hydroxyl groups excluding tert-OH is 1. The lowest BCUT2D eigenvalue weighted by atomic mass is 9.71. The highest BCUT2D eigenvalue weighted by molar-refractivity contribution is 9.09. The van der Waals surface area contributed by atoms with Gasteiger partial charge in [-0.15, -0.1) is 24.9 Å². The molecule has 4 rings (SSSR count). The number of likely N-dealkylation sites (tertiary alicyclic amines) is 1. The third-order valence-electron chi connectivity index (χ3n) is 7.65. The molecule has 3 unspecified atom stereocenters. The molecular weight excluding hydrogens is 556 g/mol. The summed E-state index contributed by atoms with van der Waals surface area (Å²) >= 11 is 5.35. The van der Waals surface area contributed by atoms with Gasteiger partial charge in [0.05, 0.1) is 23.2 Å². The minimum absolute atomic E-state index is 0.0276. The Kier molecular flexibility index (Phi) is 8.55. The van der Waals surface area contributed by atoms with Crippen molar-refractivity contribution in [3.05, 3.63) is 54.6 Å². The van der Waals surface area contributed by atoms with Gasteiger partial charge in [-0.3, -0.25) is 14.4 Å². The fraction of sp³-hybridized carbons (Fsp3) is 0.536. The number of halogens is 1. The first-order valence-electron chi connectivity index (χ1n) is 12.7. The summed E-state index contributed by atoms with van der Waals surface area (Å²) in [5, 5.41) is 9.41. The number of aliphatic hydroxyl groups is 1. The summed E-state index contributed by atoms with van der Waals surface area (Å²) in [7, 11) is 0. The summed E-state index contributed by atoms with van der Waals surface area (Å²) < 4.78 is 4.79. The van der Waals surface area contributed by atoms with Crippen molar-refractivity contribution in [2.75, 3.05) is 31.2 Å². The number of esters is 1. The van der Waals surface area contributed by atoms with Crippen molar-refractivity contribution in [3.8, 4) is 0 Å². The van der Waals surface area contributed by atoms with Crippen molar-refractivity contribution in [3.63, 3.8) is 0 Å². The van der Waals surface area contributed by atoms with E-state index in [4.69, 9.17) is 4.74 Å². The van der Waals surface area contributed by atoms with Crippen molar-refractivity contribution in [1.82, 2.24) is 4.90 Å². The number of alkyl halides is 1. The van der Waals surface area contributed by atoms with Crippen LogP contribution in [-0.2, 0) is 19.1 Å². The number of hydrogen-bond acceptors (Lipinski definition) is 6. The van der Waals surface area contributed by atoms with Crippen molar-refractivity contribution in [2.24, 2.45) is 11.8 Å². The lowest BCUT2D eigenvalue weighted by Crippen LogP contribution is -2.55. The van der Waals surface area contributed by atoms with Crippen LogP contribution in [0, 0.1) is 25.7 Å². The standard InChI is InChI=1S/C28H35BrN2O5S/c1-5-7-14-36-27(35)21-22-25(33)31(12-8-13-32)24(28(22)16-19(29)23(21)37-28)26(34)30(11-6-2)20-15-17(3)9-10-18(20)4/h5-6,9-10,15,19,21-24,32H,1-2,7-8,11-14,16H2,3-4H3/t19?,21-,22+,23-,24?,28?/m1/s1. The fourth-order valence-corrected chi connectivity index (χ4v) is 9.69. The SMILES string of the molecule is C=CCCOC(=O)[C@H]1[C@@H]2SC3(CC2Br)C(C(=O)N(CC=C)c2cc(C)ccc2C)N(CCCO)C(=O)[C@H]13. The molecule has 1 spiro atoms. The number of carbonyl (C=O) groups excluding carboxylic acids is 3. The van der Waals surface area contributed by atoms with Gasteiger partial charge in [0.2, 0.25) is 5.91 Å². The van der Waals surface area contributed by atoms with E-state index < -0.39 is 28.6 Å². The number of benzene rings is 1. The maximum atomic E-state index is 14.5. The molecule has 37 heavy (non-hydrogen) atoms. The number of nitrogens with zero attached hydrogens (tertiary/aromatic N) is 2. The van der Waals surface area contributed by atoms with Gasteiger partial charge in [-0.05, 0) is 50.3 Å². The van der Waals surface area contributed by atoms with Crippen LogP contribution in [0.25, 0.3) is 0 Å². The van der Waals surface area contributed by atoms with Crippen LogP contribution in [0.2, 0.25) is 0 Å². The Labute approximate surface area is 231 Å². The van der Waals surface area contributed by atoms with E-state index in [0.717, 1.165) is 16.8 Å². The minimum Gasteiger partial charge on any atom is -0.465 e. The Morgan fingerprint density at radius 3 is 2.76 bits per heavy atom. The summed E-state index contributed by atoms with van der Waals surface area (Å²) in [5.41, 5.74) is 2.76. The summed E-state index contributed by atoms with van der Waals surface area (Å²) in [6.07, 6.45) is 4.86. The van der Waals surface area contributed by atoms with Crippen LogP contribution in [0.15, 0.2) is 43.5 Å². The zero-order valence-corrected chi connectivity index (χ0v) is 23.8. The zero-order chi connectivity index (χ0) is 26.9. The first-order chi connectivity index (χ1) is 17.7. The van der Waals surface area contributed by atoms with Gasteiger partial charge in [-0.1, -0.05) is 40.2 Å². The van der Waals surface area contributed by atoms with Crippen LogP contribution >= 0.6 is 27.7 Å². The number of thioether (sulfide) groups is 1. The van der Waals surface area contributed by atoms with Gasteiger partial charge in [0, 0.05) is 35.5 Å². The van der Waals surface area contributed by atoms with Gasteiger partial charge >= 0.3 is 5.97 Å².